The summed E-state index contributed by atoms with van der Waals surface area (Å²) in [5.41, 5.74) is -0.210. The SMILES string of the molecule is C[Si](C)(C)c1c(F)ccc([N+](=O)[O-])c1Oc1ccccc1. The van der Waals surface area contributed by atoms with Gasteiger partial charge in [0, 0.05) is 11.3 Å². The lowest BCUT2D eigenvalue weighted by Gasteiger charge is -2.21. The summed E-state index contributed by atoms with van der Waals surface area (Å²) in [4.78, 5) is 10.7. The van der Waals surface area contributed by atoms with E-state index in [1.807, 2.05) is 25.7 Å². The smallest absolute Gasteiger partial charge is 0.311 e. The van der Waals surface area contributed by atoms with Gasteiger partial charge in [-0.25, -0.2) is 4.39 Å². The van der Waals surface area contributed by atoms with Crippen LogP contribution in [-0.2, 0) is 0 Å². The molecule has 21 heavy (non-hydrogen) atoms. The van der Waals surface area contributed by atoms with Crippen LogP contribution in [0.1, 0.15) is 0 Å². The third kappa shape index (κ3) is 3.28. The summed E-state index contributed by atoms with van der Waals surface area (Å²) in [6.07, 6.45) is 0. The lowest BCUT2D eigenvalue weighted by Crippen LogP contribution is -2.41. The van der Waals surface area contributed by atoms with Crippen molar-refractivity contribution in [1.82, 2.24) is 0 Å². The summed E-state index contributed by atoms with van der Waals surface area (Å²) in [5, 5.41) is 11.6. The zero-order valence-corrected chi connectivity index (χ0v) is 13.1. The summed E-state index contributed by atoms with van der Waals surface area (Å²) in [5.74, 6) is 0.0155. The number of ether oxygens (including phenoxy) is 1. The third-order valence-corrected chi connectivity index (χ3v) is 4.96. The molecule has 0 saturated heterocycles. The average Bonchev–Trinajstić information content (AvgIpc) is 2.38. The fourth-order valence-corrected chi connectivity index (χ4v) is 3.76. The highest BCUT2D eigenvalue weighted by Crippen LogP contribution is 2.32. The Balaban J connectivity index is 2.65. The summed E-state index contributed by atoms with van der Waals surface area (Å²) in [6, 6.07) is 11.0. The molecule has 0 aliphatic heterocycles. The minimum absolute atomic E-state index is 0.0189. The molecule has 2 aromatic carbocycles. The molecule has 0 aliphatic rings. The number of nitrogens with zero attached hydrogens (tertiary/aromatic N) is 1. The van der Waals surface area contributed by atoms with E-state index in [2.05, 4.69) is 0 Å². The van der Waals surface area contributed by atoms with Crippen LogP contribution in [0.25, 0.3) is 0 Å². The van der Waals surface area contributed by atoms with Crippen LogP contribution in [0.4, 0.5) is 10.1 Å². The molecule has 2 rings (SSSR count). The van der Waals surface area contributed by atoms with E-state index in [-0.39, 0.29) is 11.4 Å². The van der Waals surface area contributed by atoms with Crippen molar-refractivity contribution in [2.24, 2.45) is 0 Å². The van der Waals surface area contributed by atoms with E-state index in [0.717, 1.165) is 12.1 Å². The standard InChI is InChI=1S/C15H16FNO3Si/c1-21(2,3)15-12(16)9-10-13(17(18)19)14(15)20-11-7-5-4-6-8-11/h4-10H,1-3H3. The quantitative estimate of drug-likeness (QED) is 0.486. The molecule has 0 spiro atoms. The molecule has 0 saturated carbocycles. The van der Waals surface area contributed by atoms with E-state index in [1.165, 1.54) is 0 Å². The van der Waals surface area contributed by atoms with Crippen molar-refractivity contribution in [3.63, 3.8) is 0 Å². The minimum atomic E-state index is -2.16. The molecule has 0 fully saturated rings. The summed E-state index contributed by atoms with van der Waals surface area (Å²) in [6.45, 7) is 5.77. The van der Waals surface area contributed by atoms with Gasteiger partial charge in [-0.05, 0) is 18.2 Å². The number of rotatable bonds is 4. The predicted octanol–water partition coefficient (Wildman–Crippen LogP) is 4.07. The molecule has 0 aliphatic carbocycles. The molecule has 6 heteroatoms. The van der Waals surface area contributed by atoms with Crippen molar-refractivity contribution in [3.05, 3.63) is 58.4 Å². The molecule has 0 unspecified atom stereocenters. The molecule has 110 valence electrons. The maximum Gasteiger partial charge on any atom is 0.311 e. The molecule has 0 heterocycles. The third-order valence-electron chi connectivity index (χ3n) is 3.00. The van der Waals surface area contributed by atoms with Crippen LogP contribution < -0.4 is 9.92 Å². The minimum Gasteiger partial charge on any atom is -0.450 e. The molecule has 0 radical (unpaired) electrons. The van der Waals surface area contributed by atoms with Crippen LogP contribution in [0.2, 0.25) is 19.6 Å². The van der Waals surface area contributed by atoms with Crippen LogP contribution in [0.5, 0.6) is 11.5 Å². The van der Waals surface area contributed by atoms with E-state index in [0.29, 0.717) is 10.9 Å². The average molecular weight is 305 g/mol. The Kier molecular flexibility index (Phi) is 4.08. The Labute approximate surface area is 123 Å². The van der Waals surface area contributed by atoms with Gasteiger partial charge in [0.25, 0.3) is 0 Å². The Bertz CT molecular complexity index is 669. The highest BCUT2D eigenvalue weighted by molar-refractivity contribution is 6.89. The van der Waals surface area contributed by atoms with Crippen molar-refractivity contribution >= 4 is 18.9 Å². The predicted molar refractivity (Wildman–Crippen MR) is 82.6 cm³/mol. The lowest BCUT2D eigenvalue weighted by atomic mass is 10.2. The first-order chi connectivity index (χ1) is 9.80. The molecule has 0 atom stereocenters. The molecule has 0 bridgehead atoms. The largest absolute Gasteiger partial charge is 0.450 e. The van der Waals surface area contributed by atoms with Crippen LogP contribution in [0.15, 0.2) is 42.5 Å². The number of halogens is 1. The molecule has 0 aromatic heterocycles. The Morgan fingerprint density at radius 3 is 2.24 bits per heavy atom. The maximum atomic E-state index is 14.2. The monoisotopic (exact) mass is 305 g/mol. The van der Waals surface area contributed by atoms with Gasteiger partial charge in [0.15, 0.2) is 0 Å². The van der Waals surface area contributed by atoms with E-state index in [1.54, 1.807) is 24.3 Å². The lowest BCUT2D eigenvalue weighted by molar-refractivity contribution is -0.385. The highest BCUT2D eigenvalue weighted by atomic mass is 28.3. The first-order valence-corrected chi connectivity index (χ1v) is 10.0. The number of hydrogen-bond acceptors (Lipinski definition) is 3. The number of nitro benzene ring substituents is 1. The molecule has 2 aromatic rings. The molecule has 0 N–H and O–H groups in total. The van der Waals surface area contributed by atoms with Gasteiger partial charge in [-0.1, -0.05) is 37.8 Å². The zero-order chi connectivity index (χ0) is 15.6. The van der Waals surface area contributed by atoms with Gasteiger partial charge >= 0.3 is 5.69 Å². The van der Waals surface area contributed by atoms with Gasteiger partial charge in [0.1, 0.15) is 11.6 Å². The van der Waals surface area contributed by atoms with Crippen molar-refractivity contribution in [2.75, 3.05) is 0 Å². The van der Waals surface area contributed by atoms with Crippen molar-refractivity contribution < 1.29 is 14.1 Å². The first kappa shape index (κ1) is 15.2. The number of para-hydroxylation sites is 1. The maximum absolute atomic E-state index is 14.2. The van der Waals surface area contributed by atoms with Crippen LogP contribution in [0, 0.1) is 15.9 Å². The van der Waals surface area contributed by atoms with Crippen molar-refractivity contribution in [3.8, 4) is 11.5 Å². The fourth-order valence-electron chi connectivity index (χ4n) is 2.10. The van der Waals surface area contributed by atoms with Gasteiger partial charge in [-0.15, -0.1) is 0 Å². The fraction of sp³-hybridized carbons (Fsp3) is 0.200. The summed E-state index contributed by atoms with van der Waals surface area (Å²) >= 11 is 0. The molecule has 0 amide bonds. The van der Waals surface area contributed by atoms with E-state index in [4.69, 9.17) is 4.74 Å². The van der Waals surface area contributed by atoms with E-state index in [9.17, 15) is 14.5 Å². The van der Waals surface area contributed by atoms with Crippen LogP contribution in [0.3, 0.4) is 0 Å². The normalized spacial score (nSPS) is 11.2. The topological polar surface area (TPSA) is 52.4 Å². The Morgan fingerprint density at radius 2 is 1.71 bits per heavy atom. The van der Waals surface area contributed by atoms with Crippen LogP contribution in [-0.4, -0.2) is 13.0 Å². The van der Waals surface area contributed by atoms with Crippen LogP contribution >= 0.6 is 0 Å². The van der Waals surface area contributed by atoms with Gasteiger partial charge in [-0.2, -0.15) is 0 Å². The van der Waals surface area contributed by atoms with E-state index >= 15 is 0 Å². The van der Waals surface area contributed by atoms with Crippen molar-refractivity contribution in [1.29, 1.82) is 0 Å². The highest BCUT2D eigenvalue weighted by Gasteiger charge is 2.32. The Hall–Kier alpha value is -2.21. The number of benzene rings is 2. The van der Waals surface area contributed by atoms with Gasteiger partial charge in [0.05, 0.1) is 13.0 Å². The van der Waals surface area contributed by atoms with Crippen molar-refractivity contribution in [2.45, 2.75) is 19.6 Å². The second kappa shape index (κ2) is 5.65. The van der Waals surface area contributed by atoms with Gasteiger partial charge in [-0.3, -0.25) is 10.1 Å². The second-order valence-corrected chi connectivity index (χ2v) is 10.7. The van der Waals surface area contributed by atoms with Gasteiger partial charge in [0.2, 0.25) is 5.75 Å². The number of hydrogen-bond donors (Lipinski definition) is 0. The first-order valence-electron chi connectivity index (χ1n) is 6.51. The number of nitro groups is 1. The summed E-state index contributed by atoms with van der Waals surface area (Å²) in [7, 11) is -2.16. The Morgan fingerprint density at radius 1 is 1.10 bits per heavy atom. The van der Waals surface area contributed by atoms with Gasteiger partial charge < -0.3 is 4.74 Å². The summed E-state index contributed by atoms with van der Waals surface area (Å²) < 4.78 is 19.9. The molecule has 4 nitrogen and oxygen atoms in total. The van der Waals surface area contributed by atoms with E-state index < -0.39 is 18.8 Å². The molecular formula is C15H16FNO3Si. The zero-order valence-electron chi connectivity index (χ0n) is 12.1. The second-order valence-electron chi connectivity index (χ2n) is 5.69. The molecular weight excluding hydrogens is 289 g/mol.